The summed E-state index contributed by atoms with van der Waals surface area (Å²) in [6.07, 6.45) is 0. The van der Waals surface area contributed by atoms with Crippen LogP contribution < -0.4 is 0 Å². The van der Waals surface area contributed by atoms with Crippen LogP contribution in [0.4, 0.5) is 5.69 Å². The molecule has 0 unspecified atom stereocenters. The number of para-hydroxylation sites is 1. The Morgan fingerprint density at radius 2 is 1.85 bits per heavy atom. The number of rotatable bonds is 4. The maximum Gasteiger partial charge on any atom is 0.270 e. The van der Waals surface area contributed by atoms with Crippen molar-refractivity contribution in [3.63, 3.8) is 0 Å². The molecule has 0 aliphatic carbocycles. The summed E-state index contributed by atoms with van der Waals surface area (Å²) in [4.78, 5) is 2.13. The molecule has 0 radical (unpaired) electrons. The summed E-state index contributed by atoms with van der Waals surface area (Å²) in [6, 6.07) is 10.1. The van der Waals surface area contributed by atoms with E-state index in [1.165, 1.54) is 0 Å². The van der Waals surface area contributed by atoms with E-state index >= 15 is 0 Å². The van der Waals surface area contributed by atoms with E-state index in [0.29, 0.717) is 0 Å². The first-order chi connectivity index (χ1) is 6.20. The monoisotopic (exact) mass is 195 g/mol. The Kier molecular flexibility index (Phi) is 3.99. The fourth-order valence-corrected chi connectivity index (χ4v) is 1.22. The van der Waals surface area contributed by atoms with Crippen LogP contribution in [0.2, 0.25) is 0 Å². The van der Waals surface area contributed by atoms with Gasteiger partial charge in [0.25, 0.3) is 12.4 Å². The first kappa shape index (κ1) is 10.3. The van der Waals surface area contributed by atoms with Gasteiger partial charge in [-0.3, -0.25) is 0 Å². The van der Waals surface area contributed by atoms with Crippen molar-refractivity contribution < 1.29 is 3.95 Å². The lowest BCUT2D eigenvalue weighted by Gasteiger charge is -2.05. The molecular formula is C10H15N2S+. The highest BCUT2D eigenvalue weighted by molar-refractivity contribution is 7.44. The van der Waals surface area contributed by atoms with Gasteiger partial charge >= 0.3 is 0 Å². The predicted molar refractivity (Wildman–Crippen MR) is 57.1 cm³/mol. The fourth-order valence-electron chi connectivity index (χ4n) is 1.01. The largest absolute Gasteiger partial charge is 0.303 e. The van der Waals surface area contributed by atoms with Gasteiger partial charge < -0.3 is 4.90 Å². The third-order valence-electron chi connectivity index (χ3n) is 1.79. The van der Waals surface area contributed by atoms with Gasteiger partial charge in [0.2, 0.25) is 5.69 Å². The van der Waals surface area contributed by atoms with Crippen molar-refractivity contribution in [1.29, 1.82) is 0 Å². The quantitative estimate of drug-likeness (QED) is 0.674. The minimum Gasteiger partial charge on any atom is -0.303 e. The van der Waals surface area contributed by atoms with Gasteiger partial charge in [-0.15, -0.1) is 3.95 Å². The van der Waals surface area contributed by atoms with Crippen molar-refractivity contribution in [3.8, 4) is 0 Å². The van der Waals surface area contributed by atoms with Crippen molar-refractivity contribution in [2.75, 3.05) is 27.2 Å². The van der Waals surface area contributed by atoms with E-state index in [-0.39, 0.29) is 0 Å². The smallest absolute Gasteiger partial charge is 0.270 e. The maximum atomic E-state index is 5.23. The summed E-state index contributed by atoms with van der Waals surface area (Å²) in [6.45, 7) is 1.87. The number of hydrogen-bond acceptors (Lipinski definition) is 2. The van der Waals surface area contributed by atoms with Crippen LogP contribution in [0.3, 0.4) is 0 Å². The molecule has 70 valence electrons. The lowest BCUT2D eigenvalue weighted by Crippen LogP contribution is -2.21. The van der Waals surface area contributed by atoms with E-state index in [4.69, 9.17) is 12.4 Å². The Balaban J connectivity index is 2.50. The second-order valence-electron chi connectivity index (χ2n) is 3.24. The van der Waals surface area contributed by atoms with Crippen molar-refractivity contribution in [2.45, 2.75) is 0 Å². The van der Waals surface area contributed by atoms with Crippen LogP contribution in [0.1, 0.15) is 0 Å². The van der Waals surface area contributed by atoms with E-state index in [9.17, 15) is 0 Å². The van der Waals surface area contributed by atoms with Crippen molar-refractivity contribution in [2.24, 2.45) is 0 Å². The Bertz CT molecular complexity index is 270. The highest BCUT2D eigenvalue weighted by atomic mass is 32.1. The molecular weight excluding hydrogens is 180 g/mol. The zero-order chi connectivity index (χ0) is 9.68. The van der Waals surface area contributed by atoms with Gasteiger partial charge in [0.15, 0.2) is 6.54 Å². The molecule has 13 heavy (non-hydrogen) atoms. The highest BCUT2D eigenvalue weighted by Gasteiger charge is 2.07. The molecule has 0 heterocycles. The lowest BCUT2D eigenvalue weighted by molar-refractivity contribution is -0.408. The lowest BCUT2D eigenvalue weighted by atomic mass is 10.3. The zero-order valence-electron chi connectivity index (χ0n) is 8.10. The molecule has 0 N–H and O–H groups in total. The molecule has 0 atom stereocenters. The molecule has 0 aromatic heterocycles. The van der Waals surface area contributed by atoms with E-state index in [0.717, 1.165) is 18.8 Å². The summed E-state index contributed by atoms with van der Waals surface area (Å²) >= 11 is 5.23. The molecule has 1 aromatic carbocycles. The molecule has 0 spiro atoms. The number of nitrogens with zero attached hydrogens (tertiary/aromatic N) is 2. The van der Waals surface area contributed by atoms with Gasteiger partial charge in [0.1, 0.15) is 0 Å². The first-order valence-electron chi connectivity index (χ1n) is 4.34. The second kappa shape index (κ2) is 5.04. The molecule has 0 aliphatic heterocycles. The molecule has 0 fully saturated rings. The Morgan fingerprint density at radius 3 is 2.38 bits per heavy atom. The third-order valence-corrected chi connectivity index (χ3v) is 2.19. The van der Waals surface area contributed by atoms with Gasteiger partial charge in [-0.25, -0.2) is 0 Å². The topological polar surface area (TPSA) is 6.25 Å². The standard InChI is InChI=1S/C10H15N2S/c1-11(2)8-9-12(13)10-6-4-3-5-7-10/h3-7H,8-9H2,1-2H3/q+1. The first-order valence-corrected chi connectivity index (χ1v) is 4.71. The predicted octanol–water partition coefficient (Wildman–Crippen LogP) is 1.62. The second-order valence-corrected chi connectivity index (χ2v) is 3.68. The molecule has 2 nitrogen and oxygen atoms in total. The SMILES string of the molecule is CN(C)CC[N+](=S)c1ccccc1. The Morgan fingerprint density at radius 1 is 1.23 bits per heavy atom. The van der Waals surface area contributed by atoms with Crippen LogP contribution >= 0.6 is 0 Å². The average Bonchev–Trinajstić information content (AvgIpc) is 2.15. The number of benzene rings is 1. The normalized spacial score (nSPS) is 10.4. The summed E-state index contributed by atoms with van der Waals surface area (Å²) < 4.78 is 1.85. The van der Waals surface area contributed by atoms with Crippen LogP contribution in [0, 0.1) is 0 Å². The molecule has 1 rings (SSSR count). The van der Waals surface area contributed by atoms with Gasteiger partial charge in [0.05, 0.1) is 6.54 Å². The highest BCUT2D eigenvalue weighted by Crippen LogP contribution is 2.08. The summed E-state index contributed by atoms with van der Waals surface area (Å²) in [5.41, 5.74) is 1.10. The van der Waals surface area contributed by atoms with Crippen molar-refractivity contribution >= 4 is 18.1 Å². The van der Waals surface area contributed by atoms with Gasteiger partial charge in [-0.2, -0.15) is 0 Å². The molecule has 0 amide bonds. The van der Waals surface area contributed by atoms with Crippen LogP contribution in [0.5, 0.6) is 0 Å². The molecule has 0 saturated carbocycles. The van der Waals surface area contributed by atoms with Gasteiger partial charge in [-0.05, 0) is 14.1 Å². The van der Waals surface area contributed by atoms with E-state index in [1.807, 2.05) is 48.4 Å². The number of likely N-dealkylation sites (N-methyl/N-ethyl adjacent to an activating group) is 1. The van der Waals surface area contributed by atoms with E-state index < -0.39 is 0 Å². The van der Waals surface area contributed by atoms with Crippen LogP contribution in [-0.2, 0) is 12.4 Å². The summed E-state index contributed by atoms with van der Waals surface area (Å²) in [7, 11) is 4.10. The van der Waals surface area contributed by atoms with Crippen LogP contribution in [-0.4, -0.2) is 36.0 Å². The van der Waals surface area contributed by atoms with Gasteiger partial charge in [0, 0.05) is 12.1 Å². The summed E-state index contributed by atoms with van der Waals surface area (Å²) in [5.74, 6) is 0. The molecule has 1 aromatic rings. The minimum atomic E-state index is 0.881. The Labute approximate surface area is 85.0 Å². The number of hydrogen-bond donors (Lipinski definition) is 0. The molecule has 0 aliphatic rings. The third kappa shape index (κ3) is 3.61. The maximum absolute atomic E-state index is 5.23. The minimum absolute atomic E-state index is 0.881. The molecule has 0 bridgehead atoms. The van der Waals surface area contributed by atoms with Crippen LogP contribution in [0.25, 0.3) is 0 Å². The van der Waals surface area contributed by atoms with E-state index in [1.54, 1.807) is 0 Å². The van der Waals surface area contributed by atoms with Crippen LogP contribution in [0.15, 0.2) is 30.3 Å². The van der Waals surface area contributed by atoms with E-state index in [2.05, 4.69) is 4.90 Å². The van der Waals surface area contributed by atoms with Crippen molar-refractivity contribution in [3.05, 3.63) is 30.3 Å². The molecule has 0 saturated heterocycles. The molecule has 3 heteroatoms. The Hall–Kier alpha value is -0.800. The van der Waals surface area contributed by atoms with Crippen molar-refractivity contribution in [1.82, 2.24) is 4.90 Å². The summed E-state index contributed by atoms with van der Waals surface area (Å²) in [5, 5.41) is 0. The average molecular weight is 195 g/mol. The zero-order valence-corrected chi connectivity index (χ0v) is 8.92. The fraction of sp³-hybridized carbons (Fsp3) is 0.400. The van der Waals surface area contributed by atoms with Gasteiger partial charge in [-0.1, -0.05) is 18.2 Å².